The SMILES string of the molecule is COCc1noc([C@@H](C)Sc2n[nH]c(-c3cccs3)n2)n1. The Balaban J connectivity index is 1.68. The quantitative estimate of drug-likeness (QED) is 0.697. The predicted octanol–water partition coefficient (Wildman–Crippen LogP) is 2.92. The van der Waals surface area contributed by atoms with Crippen molar-refractivity contribution >= 4 is 23.1 Å². The van der Waals surface area contributed by atoms with E-state index < -0.39 is 0 Å². The van der Waals surface area contributed by atoms with Crippen molar-refractivity contribution in [3.63, 3.8) is 0 Å². The van der Waals surface area contributed by atoms with Crippen LogP contribution in [0.1, 0.15) is 23.9 Å². The number of aromatic nitrogens is 5. The number of thioether (sulfide) groups is 1. The van der Waals surface area contributed by atoms with Crippen molar-refractivity contribution in [1.29, 1.82) is 0 Å². The van der Waals surface area contributed by atoms with Gasteiger partial charge in [0, 0.05) is 7.11 Å². The zero-order valence-corrected chi connectivity index (χ0v) is 13.1. The van der Waals surface area contributed by atoms with Crippen LogP contribution < -0.4 is 0 Å². The number of rotatable bonds is 6. The number of hydrogen-bond acceptors (Lipinski definition) is 8. The highest BCUT2D eigenvalue weighted by molar-refractivity contribution is 7.99. The largest absolute Gasteiger partial charge is 0.377 e. The summed E-state index contributed by atoms with van der Waals surface area (Å²) >= 11 is 3.08. The Morgan fingerprint density at radius 3 is 3.14 bits per heavy atom. The standard InChI is InChI=1S/C12H13N5O2S2/c1-7(11-13-9(6-18-2)17-19-11)21-12-14-10(15-16-12)8-4-3-5-20-8/h3-5,7H,6H2,1-2H3,(H,14,15,16)/t7-/m1/s1. The summed E-state index contributed by atoms with van der Waals surface area (Å²) < 4.78 is 10.2. The molecule has 0 saturated carbocycles. The zero-order valence-electron chi connectivity index (χ0n) is 11.4. The van der Waals surface area contributed by atoms with Gasteiger partial charge in [-0.3, -0.25) is 5.10 Å². The highest BCUT2D eigenvalue weighted by Gasteiger charge is 2.18. The fraction of sp³-hybridized carbons (Fsp3) is 0.333. The van der Waals surface area contributed by atoms with Gasteiger partial charge in [0.2, 0.25) is 11.0 Å². The number of nitrogens with zero attached hydrogens (tertiary/aromatic N) is 4. The minimum absolute atomic E-state index is 0.0323. The van der Waals surface area contributed by atoms with Crippen molar-refractivity contribution in [3.05, 3.63) is 29.2 Å². The molecule has 0 amide bonds. The monoisotopic (exact) mass is 323 g/mol. The summed E-state index contributed by atoms with van der Waals surface area (Å²) in [6.45, 7) is 2.31. The molecule has 0 saturated heterocycles. The smallest absolute Gasteiger partial charge is 0.240 e. The minimum Gasteiger partial charge on any atom is -0.377 e. The molecule has 0 radical (unpaired) electrons. The molecule has 110 valence electrons. The summed E-state index contributed by atoms with van der Waals surface area (Å²) in [5.74, 6) is 1.84. The van der Waals surface area contributed by atoms with Gasteiger partial charge in [0.25, 0.3) is 0 Å². The van der Waals surface area contributed by atoms with Gasteiger partial charge in [-0.2, -0.15) is 4.98 Å². The van der Waals surface area contributed by atoms with Crippen molar-refractivity contribution in [1.82, 2.24) is 25.3 Å². The van der Waals surface area contributed by atoms with Gasteiger partial charge in [-0.15, -0.1) is 16.4 Å². The van der Waals surface area contributed by atoms with Crippen molar-refractivity contribution in [3.8, 4) is 10.7 Å². The molecule has 0 aliphatic rings. The van der Waals surface area contributed by atoms with Crippen LogP contribution in [0.25, 0.3) is 10.7 Å². The first-order valence-electron chi connectivity index (χ1n) is 6.20. The Hall–Kier alpha value is -1.71. The lowest BCUT2D eigenvalue weighted by atomic mass is 10.4. The van der Waals surface area contributed by atoms with Crippen molar-refractivity contribution in [2.24, 2.45) is 0 Å². The van der Waals surface area contributed by atoms with Crippen molar-refractivity contribution in [2.45, 2.75) is 23.9 Å². The molecule has 0 spiro atoms. The van der Waals surface area contributed by atoms with Crippen LogP contribution in [0.2, 0.25) is 0 Å². The van der Waals surface area contributed by atoms with Crippen LogP contribution in [-0.4, -0.2) is 32.4 Å². The Morgan fingerprint density at radius 2 is 2.38 bits per heavy atom. The number of aromatic amines is 1. The summed E-state index contributed by atoms with van der Waals surface area (Å²) in [6.07, 6.45) is 0. The molecule has 1 N–H and O–H groups in total. The van der Waals surface area contributed by atoms with Gasteiger partial charge in [0.05, 0.1) is 10.1 Å². The third kappa shape index (κ3) is 3.31. The number of hydrogen-bond donors (Lipinski definition) is 1. The van der Waals surface area contributed by atoms with E-state index in [0.717, 1.165) is 10.7 Å². The molecule has 3 heterocycles. The molecule has 0 unspecified atom stereocenters. The van der Waals surface area contributed by atoms with E-state index in [9.17, 15) is 0 Å². The highest BCUT2D eigenvalue weighted by Crippen LogP contribution is 2.33. The first-order valence-corrected chi connectivity index (χ1v) is 7.96. The molecular weight excluding hydrogens is 310 g/mol. The molecule has 0 fully saturated rings. The lowest BCUT2D eigenvalue weighted by molar-refractivity contribution is 0.174. The minimum atomic E-state index is -0.0323. The summed E-state index contributed by atoms with van der Waals surface area (Å²) in [7, 11) is 1.59. The third-order valence-electron chi connectivity index (χ3n) is 2.61. The Labute approximate surface area is 129 Å². The lowest BCUT2D eigenvalue weighted by Gasteiger charge is -2.01. The Kier molecular flexibility index (Phi) is 4.32. The first kappa shape index (κ1) is 14.2. The fourth-order valence-corrected chi connectivity index (χ4v) is 3.07. The molecule has 9 heteroatoms. The maximum atomic E-state index is 5.20. The van der Waals surface area contributed by atoms with Crippen LogP contribution in [0.3, 0.4) is 0 Å². The maximum absolute atomic E-state index is 5.20. The van der Waals surface area contributed by atoms with Gasteiger partial charge in [-0.05, 0) is 18.4 Å². The van der Waals surface area contributed by atoms with Crippen LogP contribution in [0.5, 0.6) is 0 Å². The van der Waals surface area contributed by atoms with E-state index in [1.165, 1.54) is 11.8 Å². The van der Waals surface area contributed by atoms with Crippen LogP contribution in [0.15, 0.2) is 27.2 Å². The molecule has 7 nitrogen and oxygen atoms in total. The maximum Gasteiger partial charge on any atom is 0.240 e. The molecule has 3 rings (SSSR count). The van der Waals surface area contributed by atoms with Gasteiger partial charge >= 0.3 is 0 Å². The second kappa shape index (κ2) is 6.37. The van der Waals surface area contributed by atoms with Crippen LogP contribution in [-0.2, 0) is 11.3 Å². The highest BCUT2D eigenvalue weighted by atomic mass is 32.2. The average molecular weight is 323 g/mol. The van der Waals surface area contributed by atoms with Crippen molar-refractivity contribution < 1.29 is 9.26 Å². The van der Waals surface area contributed by atoms with E-state index >= 15 is 0 Å². The summed E-state index contributed by atoms with van der Waals surface area (Å²) in [5.41, 5.74) is 0. The molecule has 0 aliphatic carbocycles. The molecule has 0 bridgehead atoms. The molecule has 1 atom stereocenters. The normalized spacial score (nSPS) is 12.7. The third-order valence-corrected chi connectivity index (χ3v) is 4.43. The van der Waals surface area contributed by atoms with Gasteiger partial charge in [-0.25, -0.2) is 4.98 Å². The summed E-state index contributed by atoms with van der Waals surface area (Å²) in [5, 5.41) is 13.6. The Bertz CT molecular complexity index is 694. The number of methoxy groups -OCH3 is 1. The molecule has 3 aromatic rings. The summed E-state index contributed by atoms with van der Waals surface area (Å²) in [4.78, 5) is 9.78. The van der Waals surface area contributed by atoms with E-state index in [-0.39, 0.29) is 5.25 Å². The van der Waals surface area contributed by atoms with Gasteiger partial charge in [0.15, 0.2) is 11.6 Å². The second-order valence-electron chi connectivity index (χ2n) is 4.19. The summed E-state index contributed by atoms with van der Waals surface area (Å²) in [6, 6.07) is 3.98. The van der Waals surface area contributed by atoms with E-state index in [1.54, 1.807) is 18.4 Å². The van der Waals surface area contributed by atoms with Gasteiger partial charge in [-0.1, -0.05) is 23.0 Å². The van der Waals surface area contributed by atoms with Crippen molar-refractivity contribution in [2.75, 3.05) is 7.11 Å². The number of H-pyrrole nitrogens is 1. The Morgan fingerprint density at radius 1 is 1.48 bits per heavy atom. The molecule has 0 aromatic carbocycles. The van der Waals surface area contributed by atoms with E-state index in [1.807, 2.05) is 24.4 Å². The number of nitrogens with one attached hydrogen (secondary N) is 1. The molecule has 0 aliphatic heterocycles. The average Bonchev–Trinajstić information content (AvgIpc) is 3.20. The van der Waals surface area contributed by atoms with E-state index in [0.29, 0.717) is 23.5 Å². The molecular formula is C12H13N5O2S2. The van der Waals surface area contributed by atoms with E-state index in [4.69, 9.17) is 9.26 Å². The number of ether oxygens (including phenoxy) is 1. The van der Waals surface area contributed by atoms with Crippen LogP contribution >= 0.6 is 23.1 Å². The molecule has 21 heavy (non-hydrogen) atoms. The fourth-order valence-electron chi connectivity index (χ4n) is 1.65. The molecule has 3 aromatic heterocycles. The number of thiophene rings is 1. The van der Waals surface area contributed by atoms with Crippen LogP contribution in [0.4, 0.5) is 0 Å². The van der Waals surface area contributed by atoms with Gasteiger partial charge in [0.1, 0.15) is 6.61 Å². The lowest BCUT2D eigenvalue weighted by Crippen LogP contribution is -1.93. The predicted molar refractivity (Wildman–Crippen MR) is 79.0 cm³/mol. The van der Waals surface area contributed by atoms with E-state index in [2.05, 4.69) is 25.3 Å². The second-order valence-corrected chi connectivity index (χ2v) is 6.44. The first-order chi connectivity index (χ1) is 10.3. The van der Waals surface area contributed by atoms with Gasteiger partial charge < -0.3 is 9.26 Å². The van der Waals surface area contributed by atoms with Crippen LogP contribution in [0, 0.1) is 0 Å². The topological polar surface area (TPSA) is 89.7 Å². The zero-order chi connectivity index (χ0) is 14.7.